The van der Waals surface area contributed by atoms with Gasteiger partial charge in [-0.15, -0.1) is 0 Å². The molecule has 0 atom stereocenters. The van der Waals surface area contributed by atoms with Gasteiger partial charge in [0.05, 0.1) is 0 Å². The standard InChI is InChI=1S/C16H14N2O2/c1-18(16(19)11-17)12-13-7-9-15(10-8-13)20-14-5-3-2-4-6-14/h2-10H,12H2,1H3. The molecule has 0 N–H and O–H groups in total. The lowest BCUT2D eigenvalue weighted by Gasteiger charge is -2.13. The van der Waals surface area contributed by atoms with Crippen molar-refractivity contribution in [2.24, 2.45) is 0 Å². The predicted molar refractivity (Wildman–Crippen MR) is 75.0 cm³/mol. The number of carbonyl (C=O) groups excluding carboxylic acids is 1. The molecule has 20 heavy (non-hydrogen) atoms. The lowest BCUT2D eigenvalue weighted by molar-refractivity contribution is -0.124. The van der Waals surface area contributed by atoms with Crippen LogP contribution in [0.25, 0.3) is 0 Å². The Kier molecular flexibility index (Phi) is 4.35. The van der Waals surface area contributed by atoms with E-state index in [0.29, 0.717) is 6.54 Å². The number of benzene rings is 2. The van der Waals surface area contributed by atoms with Crippen molar-refractivity contribution >= 4 is 5.91 Å². The highest BCUT2D eigenvalue weighted by atomic mass is 16.5. The summed E-state index contributed by atoms with van der Waals surface area (Å²) < 4.78 is 5.67. The van der Waals surface area contributed by atoms with E-state index in [9.17, 15) is 4.79 Å². The van der Waals surface area contributed by atoms with Gasteiger partial charge < -0.3 is 9.64 Å². The first-order chi connectivity index (χ1) is 9.69. The second-order valence-corrected chi connectivity index (χ2v) is 4.33. The number of amides is 1. The Morgan fingerprint density at radius 3 is 2.30 bits per heavy atom. The van der Waals surface area contributed by atoms with E-state index < -0.39 is 5.91 Å². The van der Waals surface area contributed by atoms with Crippen LogP contribution in [0, 0.1) is 11.3 Å². The van der Waals surface area contributed by atoms with Crippen LogP contribution in [0.2, 0.25) is 0 Å². The van der Waals surface area contributed by atoms with Crippen LogP contribution >= 0.6 is 0 Å². The SMILES string of the molecule is CN(Cc1ccc(Oc2ccccc2)cc1)C(=O)C#N. The molecule has 2 rings (SSSR count). The molecule has 0 heterocycles. The van der Waals surface area contributed by atoms with Crippen molar-refractivity contribution in [3.05, 3.63) is 60.2 Å². The van der Waals surface area contributed by atoms with Crippen molar-refractivity contribution in [3.63, 3.8) is 0 Å². The van der Waals surface area contributed by atoms with Crippen LogP contribution in [-0.4, -0.2) is 17.9 Å². The number of carbonyl (C=O) groups is 1. The number of para-hydroxylation sites is 1. The summed E-state index contributed by atoms with van der Waals surface area (Å²) in [4.78, 5) is 12.5. The monoisotopic (exact) mass is 266 g/mol. The number of nitriles is 1. The number of hydrogen-bond donors (Lipinski definition) is 0. The number of hydrogen-bond acceptors (Lipinski definition) is 3. The zero-order valence-electron chi connectivity index (χ0n) is 11.1. The van der Waals surface area contributed by atoms with Crippen LogP contribution < -0.4 is 4.74 Å². The molecule has 1 amide bonds. The highest BCUT2D eigenvalue weighted by Gasteiger charge is 2.07. The normalized spacial score (nSPS) is 9.60. The third-order valence-electron chi connectivity index (χ3n) is 2.76. The first-order valence-electron chi connectivity index (χ1n) is 6.16. The molecule has 0 saturated carbocycles. The summed E-state index contributed by atoms with van der Waals surface area (Å²) in [7, 11) is 1.60. The van der Waals surface area contributed by atoms with E-state index >= 15 is 0 Å². The fourth-order valence-corrected chi connectivity index (χ4v) is 1.72. The minimum atomic E-state index is -0.547. The molecule has 0 spiro atoms. The molecule has 0 fully saturated rings. The minimum Gasteiger partial charge on any atom is -0.457 e. The molecule has 0 saturated heterocycles. The van der Waals surface area contributed by atoms with E-state index in [4.69, 9.17) is 10.00 Å². The van der Waals surface area contributed by atoms with Crippen molar-refractivity contribution in [1.82, 2.24) is 4.90 Å². The summed E-state index contributed by atoms with van der Waals surface area (Å²) in [6.45, 7) is 0.401. The molecule has 0 unspecified atom stereocenters. The van der Waals surface area contributed by atoms with E-state index in [1.165, 1.54) is 4.90 Å². The summed E-state index contributed by atoms with van der Waals surface area (Å²) in [5.41, 5.74) is 0.941. The number of nitrogens with zero attached hydrogens (tertiary/aromatic N) is 2. The van der Waals surface area contributed by atoms with Crippen LogP contribution in [0.3, 0.4) is 0 Å². The van der Waals surface area contributed by atoms with Crippen LogP contribution in [0.4, 0.5) is 0 Å². The summed E-state index contributed by atoms with van der Waals surface area (Å²) in [5, 5.41) is 8.53. The quantitative estimate of drug-likeness (QED) is 0.799. The van der Waals surface area contributed by atoms with Gasteiger partial charge in [0.25, 0.3) is 0 Å². The fraction of sp³-hybridized carbons (Fsp3) is 0.125. The maximum absolute atomic E-state index is 11.2. The molecule has 2 aromatic rings. The summed E-state index contributed by atoms with van der Waals surface area (Å²) >= 11 is 0. The fourth-order valence-electron chi connectivity index (χ4n) is 1.72. The van der Waals surface area contributed by atoms with Crippen molar-refractivity contribution < 1.29 is 9.53 Å². The molecular weight excluding hydrogens is 252 g/mol. The summed E-state index contributed by atoms with van der Waals surface area (Å²) in [6.07, 6.45) is 0. The maximum Gasteiger partial charge on any atom is 0.325 e. The molecule has 0 aliphatic heterocycles. The van der Waals surface area contributed by atoms with Gasteiger partial charge in [-0.25, -0.2) is 0 Å². The Morgan fingerprint density at radius 2 is 1.70 bits per heavy atom. The Balaban J connectivity index is 2.00. The van der Waals surface area contributed by atoms with E-state index in [2.05, 4.69) is 0 Å². The van der Waals surface area contributed by atoms with Crippen molar-refractivity contribution in [2.75, 3.05) is 7.05 Å². The number of rotatable bonds is 4. The Morgan fingerprint density at radius 1 is 1.10 bits per heavy atom. The molecule has 100 valence electrons. The van der Waals surface area contributed by atoms with Crippen LogP contribution in [-0.2, 0) is 11.3 Å². The highest BCUT2D eigenvalue weighted by Crippen LogP contribution is 2.21. The van der Waals surface area contributed by atoms with Gasteiger partial charge in [0.15, 0.2) is 6.07 Å². The van der Waals surface area contributed by atoms with Crippen molar-refractivity contribution in [2.45, 2.75) is 6.54 Å². The minimum absolute atomic E-state index is 0.401. The molecule has 0 bridgehead atoms. The predicted octanol–water partition coefficient (Wildman–Crippen LogP) is 2.96. The van der Waals surface area contributed by atoms with Gasteiger partial charge >= 0.3 is 5.91 Å². The van der Waals surface area contributed by atoms with Crippen LogP contribution in [0.15, 0.2) is 54.6 Å². The number of ether oxygens (including phenoxy) is 1. The summed E-state index contributed by atoms with van der Waals surface area (Å²) in [6, 6.07) is 18.5. The van der Waals surface area contributed by atoms with Gasteiger partial charge in [-0.05, 0) is 29.8 Å². The summed E-state index contributed by atoms with van der Waals surface area (Å²) in [5.74, 6) is 0.959. The van der Waals surface area contributed by atoms with Gasteiger partial charge in [0.1, 0.15) is 11.5 Å². The van der Waals surface area contributed by atoms with Gasteiger partial charge in [-0.2, -0.15) is 5.26 Å². The van der Waals surface area contributed by atoms with E-state index in [0.717, 1.165) is 17.1 Å². The highest BCUT2D eigenvalue weighted by molar-refractivity contribution is 5.90. The zero-order chi connectivity index (χ0) is 14.4. The average molecular weight is 266 g/mol. The van der Waals surface area contributed by atoms with Gasteiger partial charge in [-0.1, -0.05) is 30.3 Å². The second kappa shape index (κ2) is 6.39. The van der Waals surface area contributed by atoms with E-state index in [-0.39, 0.29) is 0 Å². The van der Waals surface area contributed by atoms with Gasteiger partial charge in [0, 0.05) is 13.6 Å². The Labute approximate surface area is 117 Å². The molecule has 0 radical (unpaired) electrons. The lowest BCUT2D eigenvalue weighted by atomic mass is 10.2. The molecule has 0 aromatic heterocycles. The third kappa shape index (κ3) is 3.59. The molecule has 4 heteroatoms. The second-order valence-electron chi connectivity index (χ2n) is 4.33. The van der Waals surface area contributed by atoms with E-state index in [1.54, 1.807) is 13.1 Å². The lowest BCUT2D eigenvalue weighted by Crippen LogP contribution is -2.24. The van der Waals surface area contributed by atoms with E-state index in [1.807, 2.05) is 54.6 Å². The smallest absolute Gasteiger partial charge is 0.325 e. The Hall–Kier alpha value is -2.80. The van der Waals surface area contributed by atoms with Crippen molar-refractivity contribution in [3.8, 4) is 17.6 Å². The topological polar surface area (TPSA) is 53.3 Å². The van der Waals surface area contributed by atoms with Crippen LogP contribution in [0.5, 0.6) is 11.5 Å². The average Bonchev–Trinajstić information content (AvgIpc) is 2.49. The molecule has 0 aliphatic carbocycles. The molecule has 0 aliphatic rings. The molecule has 2 aromatic carbocycles. The zero-order valence-corrected chi connectivity index (χ0v) is 11.1. The van der Waals surface area contributed by atoms with Gasteiger partial charge in [0.2, 0.25) is 0 Å². The third-order valence-corrected chi connectivity index (χ3v) is 2.76. The Bertz CT molecular complexity index is 615. The van der Waals surface area contributed by atoms with Crippen molar-refractivity contribution in [1.29, 1.82) is 5.26 Å². The largest absolute Gasteiger partial charge is 0.457 e. The maximum atomic E-state index is 11.2. The van der Waals surface area contributed by atoms with Gasteiger partial charge in [-0.3, -0.25) is 4.79 Å². The van der Waals surface area contributed by atoms with Crippen LogP contribution in [0.1, 0.15) is 5.56 Å². The molecular formula is C16H14N2O2. The first-order valence-corrected chi connectivity index (χ1v) is 6.16. The first kappa shape index (κ1) is 13.6. The molecule has 4 nitrogen and oxygen atoms in total.